The molecule has 4 aliphatic rings. The first-order valence-corrected chi connectivity index (χ1v) is 9.78. The Bertz CT molecular complexity index is 1030. The van der Waals surface area contributed by atoms with E-state index in [0.717, 1.165) is 4.90 Å². The van der Waals surface area contributed by atoms with Gasteiger partial charge in [0.2, 0.25) is 5.91 Å². The van der Waals surface area contributed by atoms with E-state index in [1.807, 2.05) is 0 Å². The first-order chi connectivity index (χ1) is 15.4. The van der Waals surface area contributed by atoms with Crippen molar-refractivity contribution in [2.75, 3.05) is 33.5 Å². The number of rotatable bonds is 5. The van der Waals surface area contributed by atoms with Crippen LogP contribution in [0.1, 0.15) is 0 Å². The lowest BCUT2D eigenvalue weighted by atomic mass is 10.1. The molecule has 3 heterocycles. The number of carbonyl (C=O) groups excluding carboxylic acids is 1. The van der Waals surface area contributed by atoms with Gasteiger partial charge >= 0.3 is 5.82 Å². The number of fused-ring (bicyclic) bond motifs is 2. The van der Waals surface area contributed by atoms with Crippen LogP contribution in [0.2, 0.25) is 0 Å². The Morgan fingerprint density at radius 2 is 2.31 bits per heavy atom. The van der Waals surface area contributed by atoms with Crippen LogP contribution in [0.4, 0.5) is 8.78 Å². The minimum Gasteiger partial charge on any atom is -0.874 e. The Morgan fingerprint density at radius 1 is 1.50 bits per heavy atom. The van der Waals surface area contributed by atoms with Crippen molar-refractivity contribution in [2.24, 2.45) is 15.7 Å². The zero-order chi connectivity index (χ0) is 22.8. The minimum absolute atomic E-state index is 0.0415. The third-order valence-corrected chi connectivity index (χ3v) is 5.13. The number of halogens is 2. The van der Waals surface area contributed by atoms with E-state index in [4.69, 9.17) is 19.9 Å². The van der Waals surface area contributed by atoms with Gasteiger partial charge in [-0.15, -0.1) is 0 Å². The van der Waals surface area contributed by atoms with Crippen molar-refractivity contribution in [3.05, 3.63) is 47.5 Å². The summed E-state index contributed by atoms with van der Waals surface area (Å²) >= 11 is 0. The SMILES string of the molecule is COC[C@H](N=C1C=CC2=C3N=C(N4C(=C[O-])OC[C@H]4C(F)F)C=[N+]3CCOC2=C1)C(N)=O. The van der Waals surface area contributed by atoms with Crippen molar-refractivity contribution in [1.29, 1.82) is 0 Å². The number of ether oxygens (including phenoxy) is 3. The maximum atomic E-state index is 13.5. The maximum Gasteiger partial charge on any atom is 0.337 e. The van der Waals surface area contributed by atoms with E-state index in [9.17, 15) is 18.7 Å². The molecule has 170 valence electrons. The van der Waals surface area contributed by atoms with Crippen LogP contribution in [0, 0.1) is 0 Å². The Morgan fingerprint density at radius 3 is 3.00 bits per heavy atom. The van der Waals surface area contributed by atoms with E-state index in [2.05, 4.69) is 9.98 Å². The van der Waals surface area contributed by atoms with Crippen molar-refractivity contribution in [1.82, 2.24) is 4.90 Å². The molecular formula is C20H21F2N5O5. The Kier molecular flexibility index (Phi) is 6.04. The zero-order valence-electron chi connectivity index (χ0n) is 17.1. The van der Waals surface area contributed by atoms with Gasteiger partial charge in [0.25, 0.3) is 12.3 Å². The van der Waals surface area contributed by atoms with Gasteiger partial charge in [-0.3, -0.25) is 14.7 Å². The van der Waals surface area contributed by atoms with Crippen LogP contribution in [-0.4, -0.2) is 85.1 Å². The number of nitrogens with two attached hydrogens (primary N) is 1. The average molecular weight is 449 g/mol. The monoisotopic (exact) mass is 449 g/mol. The highest BCUT2D eigenvalue weighted by Crippen LogP contribution is 2.31. The molecule has 4 rings (SSSR count). The molecule has 12 heteroatoms. The number of carbonyl (C=O) groups is 1. The fraction of sp³-hybridized carbons (Fsp3) is 0.400. The van der Waals surface area contributed by atoms with E-state index in [0.29, 0.717) is 35.7 Å². The molecule has 0 unspecified atom stereocenters. The quantitative estimate of drug-likeness (QED) is 0.435. The summed E-state index contributed by atoms with van der Waals surface area (Å²) in [7, 11) is 1.44. The predicted molar refractivity (Wildman–Crippen MR) is 107 cm³/mol. The third kappa shape index (κ3) is 4.00. The van der Waals surface area contributed by atoms with Gasteiger partial charge in [-0.2, -0.15) is 0 Å². The Balaban J connectivity index is 1.69. The Hall–Kier alpha value is -3.54. The molecule has 32 heavy (non-hydrogen) atoms. The summed E-state index contributed by atoms with van der Waals surface area (Å²) in [6.07, 6.45) is 4.28. The molecule has 0 aromatic rings. The van der Waals surface area contributed by atoms with E-state index in [1.165, 1.54) is 7.11 Å². The number of amidine groups is 1. The van der Waals surface area contributed by atoms with Gasteiger partial charge in [-0.05, 0) is 17.1 Å². The summed E-state index contributed by atoms with van der Waals surface area (Å²) in [5.74, 6) is 0.301. The smallest absolute Gasteiger partial charge is 0.337 e. The predicted octanol–water partition coefficient (Wildman–Crippen LogP) is -0.756. The molecule has 1 saturated heterocycles. The minimum atomic E-state index is -2.72. The molecule has 2 N–H and O–H groups in total. The topological polar surface area (TPSA) is 125 Å². The van der Waals surface area contributed by atoms with Gasteiger partial charge in [0, 0.05) is 13.2 Å². The van der Waals surface area contributed by atoms with Crippen molar-refractivity contribution in [3.8, 4) is 0 Å². The highest BCUT2D eigenvalue weighted by Gasteiger charge is 2.44. The van der Waals surface area contributed by atoms with Gasteiger partial charge in [0.1, 0.15) is 37.1 Å². The summed E-state index contributed by atoms with van der Waals surface area (Å²) in [4.78, 5) is 21.5. The lowest BCUT2D eigenvalue weighted by Crippen LogP contribution is -2.41. The number of hydrogen-bond acceptors (Lipinski definition) is 8. The number of allylic oxidation sites excluding steroid dienone is 3. The molecule has 1 aliphatic carbocycles. The number of methoxy groups -OCH3 is 1. The van der Waals surface area contributed by atoms with Crippen LogP contribution >= 0.6 is 0 Å². The van der Waals surface area contributed by atoms with Crippen LogP contribution in [0.3, 0.4) is 0 Å². The summed E-state index contributed by atoms with van der Waals surface area (Å²) in [5.41, 5.74) is 6.43. The van der Waals surface area contributed by atoms with E-state index in [-0.39, 0.29) is 31.5 Å². The fourth-order valence-electron chi connectivity index (χ4n) is 3.61. The average Bonchev–Trinajstić information content (AvgIpc) is 3.34. The molecule has 1 amide bonds. The number of alkyl halides is 2. The van der Waals surface area contributed by atoms with Gasteiger partial charge in [0.15, 0.2) is 18.1 Å². The van der Waals surface area contributed by atoms with Crippen LogP contribution in [0.15, 0.2) is 57.5 Å². The van der Waals surface area contributed by atoms with Crippen LogP contribution in [0.5, 0.6) is 0 Å². The standard InChI is InChI=1S/C20H21F2N5O5/c1-30-9-13(19(23)29)24-11-2-3-12-15(6-11)31-5-4-26-7-16(25-20(12)26)27-14(18(21)22)10-32-17(27)8-28/h2-3,6-8,13-14,18H,4-5,9-10H2,1H3,(H2-,23,28,29)/t13-,14-/m0/s1. The maximum absolute atomic E-state index is 13.5. The van der Waals surface area contributed by atoms with Crippen LogP contribution in [-0.2, 0) is 19.0 Å². The first kappa shape index (κ1) is 21.7. The molecule has 10 nitrogen and oxygen atoms in total. The molecule has 0 aromatic carbocycles. The molecule has 2 atom stereocenters. The second-order valence-corrected chi connectivity index (χ2v) is 7.19. The number of hydrogen-bond donors (Lipinski definition) is 1. The molecule has 0 saturated carbocycles. The lowest BCUT2D eigenvalue weighted by Gasteiger charge is -2.19. The molecular weight excluding hydrogens is 428 g/mol. The van der Waals surface area contributed by atoms with Gasteiger partial charge in [-0.25, -0.2) is 13.4 Å². The number of aliphatic imine (C=N–C) groups is 2. The number of primary amides is 1. The van der Waals surface area contributed by atoms with E-state index < -0.39 is 24.4 Å². The van der Waals surface area contributed by atoms with Crippen molar-refractivity contribution in [2.45, 2.75) is 18.5 Å². The lowest BCUT2D eigenvalue weighted by molar-refractivity contribution is -0.470. The third-order valence-electron chi connectivity index (χ3n) is 5.13. The van der Waals surface area contributed by atoms with Crippen molar-refractivity contribution >= 4 is 23.7 Å². The highest BCUT2D eigenvalue weighted by molar-refractivity contribution is 6.29. The zero-order valence-corrected chi connectivity index (χ0v) is 17.1. The molecule has 0 radical (unpaired) electrons. The van der Waals surface area contributed by atoms with E-state index in [1.54, 1.807) is 29.0 Å². The fourth-order valence-corrected chi connectivity index (χ4v) is 3.61. The van der Waals surface area contributed by atoms with Gasteiger partial charge in [-0.1, -0.05) is 6.26 Å². The Labute approximate surface area is 182 Å². The molecule has 0 aromatic heterocycles. The van der Waals surface area contributed by atoms with Crippen molar-refractivity contribution < 1.29 is 37.5 Å². The van der Waals surface area contributed by atoms with Crippen molar-refractivity contribution in [3.63, 3.8) is 0 Å². The van der Waals surface area contributed by atoms with Crippen LogP contribution < -0.4 is 10.8 Å². The summed E-state index contributed by atoms with van der Waals surface area (Å²) < 4.78 is 44.6. The largest absolute Gasteiger partial charge is 0.874 e. The summed E-state index contributed by atoms with van der Waals surface area (Å²) in [6.45, 7) is 0.429. The van der Waals surface area contributed by atoms with Gasteiger partial charge < -0.3 is 25.1 Å². The molecule has 0 bridgehead atoms. The number of amides is 1. The van der Waals surface area contributed by atoms with Crippen LogP contribution in [0.25, 0.3) is 0 Å². The first-order valence-electron chi connectivity index (χ1n) is 9.78. The highest BCUT2D eigenvalue weighted by atomic mass is 19.3. The normalized spacial score (nSPS) is 25.7. The summed E-state index contributed by atoms with van der Waals surface area (Å²) in [5, 5.41) is 11.3. The summed E-state index contributed by atoms with van der Waals surface area (Å²) in [6, 6.07) is -2.16. The second-order valence-electron chi connectivity index (χ2n) is 7.19. The van der Waals surface area contributed by atoms with Gasteiger partial charge in [0.05, 0.1) is 12.3 Å². The van der Waals surface area contributed by atoms with E-state index >= 15 is 0 Å². The molecule has 1 fully saturated rings. The second kappa shape index (κ2) is 8.91. The number of nitrogens with zero attached hydrogens (tertiary/aromatic N) is 4. The molecule has 0 spiro atoms. The molecule has 3 aliphatic heterocycles.